The second kappa shape index (κ2) is 6.79. The maximum absolute atomic E-state index is 7.33. The molecular weight excluding hydrogens is 184 g/mol. The molecule has 0 radical (unpaired) electrons. The highest BCUT2D eigenvalue weighted by Gasteiger charge is 2.22. The van der Waals surface area contributed by atoms with E-state index in [4.69, 9.17) is 29.5 Å². The Kier molecular flexibility index (Phi) is 9.33. The van der Waals surface area contributed by atoms with Crippen molar-refractivity contribution in [2.45, 2.75) is 0 Å². The molecule has 0 fully saturated rings. The Morgan fingerprint density at radius 1 is 0.889 bits per heavy atom. The first-order chi connectivity index (χ1) is 3.91. The summed E-state index contributed by atoms with van der Waals surface area (Å²) in [5, 5.41) is 9.56. The van der Waals surface area contributed by atoms with Crippen molar-refractivity contribution in [2.75, 3.05) is 0 Å². The fourth-order valence-electron chi connectivity index (χ4n) is 0. The first-order valence-corrected chi connectivity index (χ1v) is 5.60. The predicted molar refractivity (Wildman–Crippen MR) is 38.2 cm³/mol. The maximum atomic E-state index is 7.33. The highest BCUT2D eigenvalue weighted by molar-refractivity contribution is 8.75. The molecule has 0 rings (SSSR count). The molecule has 58 valence electrons. The zero-order valence-corrected chi connectivity index (χ0v) is 6.89. The second-order valence-corrected chi connectivity index (χ2v) is 3.53. The Labute approximate surface area is 61.0 Å². The molecule has 0 saturated heterocycles. The van der Waals surface area contributed by atoms with E-state index in [-0.39, 0.29) is 0 Å². The molecule has 9 heteroatoms. The lowest BCUT2D eigenvalue weighted by Crippen LogP contribution is -2.33. The summed E-state index contributed by atoms with van der Waals surface area (Å²) in [6, 6.07) is 0. The van der Waals surface area contributed by atoms with Gasteiger partial charge in [-0.3, -0.25) is 10.3 Å². The Bertz CT molecular complexity index is 47.0. The molecule has 0 saturated carbocycles. The minimum absolute atomic E-state index is 1.05. The highest BCUT2D eigenvalue weighted by atomic mass is 33.1. The zero-order valence-electron chi connectivity index (χ0n) is 4.26. The Balaban J connectivity index is 0. The summed E-state index contributed by atoms with van der Waals surface area (Å²) in [5.41, 5.74) is 0. The van der Waals surface area contributed by atoms with Gasteiger partial charge in [-0.15, -0.1) is 0 Å². The molecule has 0 spiro atoms. The fourth-order valence-corrected chi connectivity index (χ4v) is 0. The molecule has 0 aromatic heterocycles. The van der Waals surface area contributed by atoms with Crippen molar-refractivity contribution in [3.05, 3.63) is 0 Å². The molecule has 0 unspecified atom stereocenters. The third kappa shape index (κ3) is 138. The van der Waals surface area contributed by atoms with Crippen LogP contribution in [0.25, 0.3) is 0 Å². The molecule has 0 aromatic rings. The highest BCUT2D eigenvalue weighted by Crippen LogP contribution is 1.98. The van der Waals surface area contributed by atoms with Crippen molar-refractivity contribution in [1.82, 2.24) is 0 Å². The van der Waals surface area contributed by atoms with Gasteiger partial charge in [0.25, 0.3) is 0 Å². The van der Waals surface area contributed by atoms with Gasteiger partial charge in [-0.1, -0.05) is 0 Å². The van der Waals surface area contributed by atoms with E-state index in [1.165, 1.54) is 0 Å². The molecule has 0 aliphatic rings. The van der Waals surface area contributed by atoms with Gasteiger partial charge < -0.3 is 19.2 Å². The molecule has 0 heterocycles. The maximum Gasteiger partial charge on any atom is 0.668 e. The van der Waals surface area contributed by atoms with Crippen LogP contribution in [-0.4, -0.2) is 28.2 Å². The van der Waals surface area contributed by atoms with Crippen molar-refractivity contribution >= 4 is 31.0 Å². The van der Waals surface area contributed by atoms with Crippen LogP contribution in [0.4, 0.5) is 0 Å². The molecule has 0 aliphatic heterocycles. The van der Waals surface area contributed by atoms with Crippen LogP contribution >= 0.6 is 22.0 Å². The molecule has 8 N–H and O–H groups in total. The number of hydrogen-bond donors (Lipinski definition) is 6. The van der Waals surface area contributed by atoms with E-state index in [9.17, 15) is 0 Å². The summed E-state index contributed by atoms with van der Waals surface area (Å²) in [7, 11) is -2.51. The van der Waals surface area contributed by atoms with E-state index in [0.29, 0.717) is 0 Å². The van der Waals surface area contributed by atoms with Crippen molar-refractivity contribution in [3.63, 3.8) is 0 Å². The van der Waals surface area contributed by atoms with Crippen LogP contribution < -0.4 is 10.3 Å². The summed E-state index contributed by atoms with van der Waals surface area (Å²) >= 11 is 0. The molecular formula is H8N2O4S2Si. The van der Waals surface area contributed by atoms with Crippen LogP contribution in [0.2, 0.25) is 0 Å². The number of nitrogens with two attached hydrogens (primary N) is 2. The zero-order chi connectivity index (χ0) is 7.91. The summed E-state index contributed by atoms with van der Waals surface area (Å²) in [6.45, 7) is 0. The second-order valence-electron chi connectivity index (χ2n) is 0.792. The van der Waals surface area contributed by atoms with Crippen LogP contribution in [0.3, 0.4) is 0 Å². The summed E-state index contributed by atoms with van der Waals surface area (Å²) in [6.07, 6.45) is 0. The van der Waals surface area contributed by atoms with Gasteiger partial charge in [0, 0.05) is 22.0 Å². The quantitative estimate of drug-likeness (QED) is 0.153. The molecule has 0 amide bonds. The number of hydrogen-bond acceptors (Lipinski definition) is 8. The van der Waals surface area contributed by atoms with E-state index in [0.717, 1.165) is 22.0 Å². The lowest BCUT2D eigenvalue weighted by Gasteiger charge is -1.91. The third-order valence-electron chi connectivity index (χ3n) is 0.0556. The van der Waals surface area contributed by atoms with Crippen molar-refractivity contribution in [1.29, 1.82) is 0 Å². The lowest BCUT2D eigenvalue weighted by molar-refractivity contribution is 0.117. The van der Waals surface area contributed by atoms with Crippen LogP contribution in [0.5, 0.6) is 0 Å². The van der Waals surface area contributed by atoms with E-state index < -0.39 is 9.05 Å². The monoisotopic (exact) mass is 192 g/mol. The standard InChI is InChI=1S/H4N2S2.H4O4Si/c1-3-4-2;1-5(2,3)4/h1-2H2;1-4H. The van der Waals surface area contributed by atoms with Gasteiger partial charge in [-0.25, -0.2) is 0 Å². The molecule has 0 bridgehead atoms. The van der Waals surface area contributed by atoms with Crippen LogP contribution in [0.1, 0.15) is 0 Å². The van der Waals surface area contributed by atoms with Gasteiger partial charge in [0.15, 0.2) is 0 Å². The minimum Gasteiger partial charge on any atom is -0.368 e. The molecule has 0 aliphatic carbocycles. The van der Waals surface area contributed by atoms with Gasteiger partial charge in [0.2, 0.25) is 0 Å². The van der Waals surface area contributed by atoms with E-state index >= 15 is 0 Å². The Morgan fingerprint density at radius 3 is 1.00 bits per heavy atom. The fraction of sp³-hybridized carbons (Fsp3) is 0. The van der Waals surface area contributed by atoms with Gasteiger partial charge in [-0.2, -0.15) is 0 Å². The van der Waals surface area contributed by atoms with Crippen molar-refractivity contribution in [3.8, 4) is 0 Å². The van der Waals surface area contributed by atoms with Crippen LogP contribution in [0, 0.1) is 0 Å². The van der Waals surface area contributed by atoms with E-state index in [1.807, 2.05) is 0 Å². The molecule has 9 heavy (non-hydrogen) atoms. The van der Waals surface area contributed by atoms with Crippen LogP contribution in [0.15, 0.2) is 0 Å². The van der Waals surface area contributed by atoms with Gasteiger partial charge in [0.05, 0.1) is 0 Å². The van der Waals surface area contributed by atoms with Crippen molar-refractivity contribution in [2.24, 2.45) is 10.3 Å². The predicted octanol–water partition coefficient (Wildman–Crippen LogP) is -2.49. The van der Waals surface area contributed by atoms with E-state index in [1.54, 1.807) is 0 Å². The minimum atomic E-state index is -4.61. The average molecular weight is 192 g/mol. The molecule has 6 nitrogen and oxygen atoms in total. The SMILES string of the molecule is NSSN.O[Si](O)(O)O. The third-order valence-corrected chi connectivity index (χ3v) is 0.500. The summed E-state index contributed by atoms with van der Waals surface area (Å²) in [4.78, 5) is 29.3. The van der Waals surface area contributed by atoms with Crippen molar-refractivity contribution < 1.29 is 19.2 Å². The Hall–Kier alpha value is 0.677. The summed E-state index contributed by atoms with van der Waals surface area (Å²) < 4.78 is 0. The van der Waals surface area contributed by atoms with Gasteiger partial charge in [0.1, 0.15) is 0 Å². The summed E-state index contributed by atoms with van der Waals surface area (Å²) in [5.74, 6) is 0. The largest absolute Gasteiger partial charge is 0.668 e. The lowest BCUT2D eigenvalue weighted by atomic mass is 13.9. The van der Waals surface area contributed by atoms with E-state index in [2.05, 4.69) is 0 Å². The van der Waals surface area contributed by atoms with Crippen LogP contribution in [-0.2, 0) is 0 Å². The normalized spacial score (nSPS) is 10.0. The first kappa shape index (κ1) is 12.4. The first-order valence-electron chi connectivity index (χ1n) is 1.53. The Morgan fingerprint density at radius 2 is 1.00 bits per heavy atom. The number of rotatable bonds is 1. The van der Waals surface area contributed by atoms with Gasteiger partial charge in [-0.05, 0) is 0 Å². The molecule has 0 atom stereocenters. The smallest absolute Gasteiger partial charge is 0.368 e. The average Bonchev–Trinajstić information content (AvgIpc) is 1.61. The molecule has 0 aromatic carbocycles. The van der Waals surface area contributed by atoms with Gasteiger partial charge >= 0.3 is 9.05 Å². The topological polar surface area (TPSA) is 133 Å².